The first kappa shape index (κ1) is 23.4. The van der Waals surface area contributed by atoms with Gasteiger partial charge in [0.1, 0.15) is 5.75 Å². The van der Waals surface area contributed by atoms with Crippen molar-refractivity contribution in [3.63, 3.8) is 0 Å². The van der Waals surface area contributed by atoms with Crippen molar-refractivity contribution >= 4 is 39.3 Å². The van der Waals surface area contributed by atoms with Crippen LogP contribution < -0.4 is 29.1 Å². The van der Waals surface area contributed by atoms with Crippen molar-refractivity contribution in [2.45, 2.75) is 19.9 Å². The molecular formula is C25H21BrN2O6S. The van der Waals surface area contributed by atoms with Gasteiger partial charge in [-0.3, -0.25) is 9.36 Å². The Kier molecular flexibility index (Phi) is 6.24. The van der Waals surface area contributed by atoms with Gasteiger partial charge in [-0.25, -0.2) is 9.79 Å². The van der Waals surface area contributed by atoms with E-state index in [9.17, 15) is 9.59 Å². The zero-order chi connectivity index (χ0) is 24.7. The highest BCUT2D eigenvalue weighted by Crippen LogP contribution is 2.38. The largest absolute Gasteiger partial charge is 0.496 e. The molecule has 0 saturated carbocycles. The van der Waals surface area contributed by atoms with E-state index in [0.717, 1.165) is 10.0 Å². The monoisotopic (exact) mass is 556 g/mol. The number of esters is 1. The summed E-state index contributed by atoms with van der Waals surface area (Å²) in [6.45, 7) is 3.83. The fraction of sp³-hybridized carbons (Fsp3) is 0.240. The zero-order valence-corrected chi connectivity index (χ0v) is 21.6. The first-order valence-electron chi connectivity index (χ1n) is 10.8. The van der Waals surface area contributed by atoms with E-state index in [-0.39, 0.29) is 19.0 Å². The number of hydrogen-bond acceptors (Lipinski definition) is 8. The SMILES string of the molecule is CCOC(=O)C1=C(C)N=c2s/c(=C/c3ccc(OC)c(Br)c3)c(=O)n2[C@H]1c1ccc2c(c1)OCO2. The molecular weight excluding hydrogens is 536 g/mol. The number of aromatic nitrogens is 1. The number of allylic oxidation sites excluding steroid dienone is 1. The van der Waals surface area contributed by atoms with E-state index in [4.69, 9.17) is 18.9 Å². The highest BCUT2D eigenvalue weighted by molar-refractivity contribution is 9.10. The summed E-state index contributed by atoms with van der Waals surface area (Å²) in [6.07, 6.45) is 1.80. The van der Waals surface area contributed by atoms with Gasteiger partial charge in [0, 0.05) is 0 Å². The van der Waals surface area contributed by atoms with E-state index >= 15 is 0 Å². The molecule has 0 radical (unpaired) electrons. The number of nitrogens with zero attached hydrogens (tertiary/aromatic N) is 2. The molecule has 3 aromatic rings. The van der Waals surface area contributed by atoms with Crippen molar-refractivity contribution in [1.82, 2.24) is 4.57 Å². The van der Waals surface area contributed by atoms with Gasteiger partial charge in [0.2, 0.25) is 6.79 Å². The van der Waals surface area contributed by atoms with Gasteiger partial charge in [0.05, 0.1) is 40.0 Å². The summed E-state index contributed by atoms with van der Waals surface area (Å²) in [7, 11) is 1.59. The Morgan fingerprint density at radius 3 is 2.80 bits per heavy atom. The highest BCUT2D eigenvalue weighted by Gasteiger charge is 2.34. The van der Waals surface area contributed by atoms with Crippen LogP contribution in [0.2, 0.25) is 0 Å². The maximum absolute atomic E-state index is 13.7. The van der Waals surface area contributed by atoms with Crippen molar-refractivity contribution in [2.24, 2.45) is 4.99 Å². The van der Waals surface area contributed by atoms with Gasteiger partial charge in [-0.2, -0.15) is 0 Å². The maximum atomic E-state index is 13.7. The number of carbonyl (C=O) groups excluding carboxylic acids is 1. The smallest absolute Gasteiger partial charge is 0.338 e. The number of benzene rings is 2. The van der Waals surface area contributed by atoms with Gasteiger partial charge in [-0.1, -0.05) is 23.5 Å². The Labute approximate surface area is 212 Å². The summed E-state index contributed by atoms with van der Waals surface area (Å²) >= 11 is 4.75. The van der Waals surface area contributed by atoms with Crippen LogP contribution in [0.3, 0.4) is 0 Å². The van der Waals surface area contributed by atoms with E-state index in [1.54, 1.807) is 43.7 Å². The molecule has 0 spiro atoms. The van der Waals surface area contributed by atoms with Gasteiger partial charge < -0.3 is 18.9 Å². The van der Waals surface area contributed by atoms with E-state index in [1.807, 2.05) is 24.3 Å². The zero-order valence-electron chi connectivity index (χ0n) is 19.2. The van der Waals surface area contributed by atoms with Crippen molar-refractivity contribution < 1.29 is 23.7 Å². The second kappa shape index (κ2) is 9.35. The van der Waals surface area contributed by atoms with E-state index in [1.165, 1.54) is 11.3 Å². The second-order valence-electron chi connectivity index (χ2n) is 7.81. The summed E-state index contributed by atoms with van der Waals surface area (Å²) in [6, 6.07) is 10.3. The molecule has 0 amide bonds. The average molecular weight is 557 g/mol. The molecule has 5 rings (SSSR count). The first-order valence-corrected chi connectivity index (χ1v) is 12.4. The molecule has 180 valence electrons. The summed E-state index contributed by atoms with van der Waals surface area (Å²) < 4.78 is 24.4. The number of hydrogen-bond donors (Lipinski definition) is 0. The van der Waals surface area contributed by atoms with Crippen LogP contribution in [0.1, 0.15) is 31.0 Å². The summed E-state index contributed by atoms with van der Waals surface area (Å²) in [5, 5.41) is 0. The minimum absolute atomic E-state index is 0.124. The molecule has 2 aliphatic heterocycles. The van der Waals surface area contributed by atoms with Crippen molar-refractivity contribution in [1.29, 1.82) is 0 Å². The Morgan fingerprint density at radius 1 is 1.26 bits per heavy atom. The molecule has 0 aliphatic carbocycles. The minimum atomic E-state index is -0.718. The van der Waals surface area contributed by atoms with Crippen molar-refractivity contribution in [2.75, 3.05) is 20.5 Å². The van der Waals surface area contributed by atoms with Crippen LogP contribution in [0.15, 0.2) is 61.9 Å². The molecule has 10 heteroatoms. The fourth-order valence-electron chi connectivity index (χ4n) is 4.11. The molecule has 0 bridgehead atoms. The van der Waals surface area contributed by atoms with Crippen LogP contribution in [0.4, 0.5) is 0 Å². The molecule has 35 heavy (non-hydrogen) atoms. The van der Waals surface area contributed by atoms with E-state index in [0.29, 0.717) is 43.4 Å². The van der Waals surface area contributed by atoms with Crippen molar-refractivity contribution in [3.05, 3.63) is 83.0 Å². The van der Waals surface area contributed by atoms with Gasteiger partial charge in [-0.15, -0.1) is 0 Å². The van der Waals surface area contributed by atoms with E-state index in [2.05, 4.69) is 20.9 Å². The topological polar surface area (TPSA) is 88.4 Å². The normalized spacial score (nSPS) is 16.7. The summed E-state index contributed by atoms with van der Waals surface area (Å²) in [4.78, 5) is 31.8. The van der Waals surface area contributed by atoms with Crippen LogP contribution in [0.5, 0.6) is 17.2 Å². The number of rotatable bonds is 5. The van der Waals surface area contributed by atoms with Gasteiger partial charge >= 0.3 is 5.97 Å². The molecule has 1 aromatic heterocycles. The lowest BCUT2D eigenvalue weighted by Gasteiger charge is -2.24. The molecule has 2 aromatic carbocycles. The van der Waals surface area contributed by atoms with Crippen molar-refractivity contribution in [3.8, 4) is 17.2 Å². The molecule has 0 unspecified atom stereocenters. The number of thiazole rings is 1. The molecule has 8 nitrogen and oxygen atoms in total. The molecule has 0 saturated heterocycles. The third-order valence-corrected chi connectivity index (χ3v) is 7.31. The second-order valence-corrected chi connectivity index (χ2v) is 9.67. The van der Waals surface area contributed by atoms with Crippen LogP contribution in [0.25, 0.3) is 6.08 Å². The lowest BCUT2D eigenvalue weighted by Crippen LogP contribution is -2.39. The van der Waals surface area contributed by atoms with Crippen LogP contribution >= 0.6 is 27.3 Å². The van der Waals surface area contributed by atoms with E-state index < -0.39 is 12.0 Å². The quantitative estimate of drug-likeness (QED) is 0.448. The molecule has 3 heterocycles. The molecule has 1 atom stereocenters. The number of carbonyl (C=O) groups is 1. The maximum Gasteiger partial charge on any atom is 0.338 e. The Hall–Kier alpha value is -3.37. The number of fused-ring (bicyclic) bond motifs is 2. The Morgan fingerprint density at radius 2 is 2.06 bits per heavy atom. The Balaban J connectivity index is 1.70. The third-order valence-electron chi connectivity index (χ3n) is 5.70. The summed E-state index contributed by atoms with van der Waals surface area (Å²) in [5.74, 6) is 1.36. The van der Waals surface area contributed by atoms with Crippen LogP contribution in [-0.2, 0) is 9.53 Å². The van der Waals surface area contributed by atoms with Gasteiger partial charge in [0.25, 0.3) is 5.56 Å². The predicted octanol–water partition coefficient (Wildman–Crippen LogP) is 3.30. The number of halogens is 1. The van der Waals surface area contributed by atoms with Gasteiger partial charge in [-0.05, 0) is 71.2 Å². The Bertz CT molecular complexity index is 1550. The average Bonchev–Trinajstić information content (AvgIpc) is 3.42. The predicted molar refractivity (Wildman–Crippen MR) is 134 cm³/mol. The fourth-order valence-corrected chi connectivity index (χ4v) is 5.72. The standard InChI is InChI=1S/C25H21BrN2O6S/c1-4-32-24(30)21-13(2)27-25-28(22(21)15-6-8-18-19(11-15)34-12-33-18)23(29)20(35-25)10-14-5-7-17(31-3)16(26)9-14/h5-11,22H,4,12H2,1-3H3/b20-10+/t22-/m0/s1. The van der Waals surface area contributed by atoms with Crippen LogP contribution in [-0.4, -0.2) is 31.0 Å². The van der Waals surface area contributed by atoms with Crippen LogP contribution in [0, 0.1) is 0 Å². The number of methoxy groups -OCH3 is 1. The lowest BCUT2D eigenvalue weighted by atomic mass is 9.95. The summed E-state index contributed by atoms with van der Waals surface area (Å²) in [5.41, 5.74) is 2.09. The third kappa shape index (κ3) is 4.17. The molecule has 2 aliphatic rings. The molecule has 0 N–H and O–H groups in total. The lowest BCUT2D eigenvalue weighted by molar-refractivity contribution is -0.139. The van der Waals surface area contributed by atoms with Gasteiger partial charge in [0.15, 0.2) is 16.3 Å². The minimum Gasteiger partial charge on any atom is -0.496 e. The number of ether oxygens (including phenoxy) is 4. The first-order chi connectivity index (χ1) is 16.9. The highest BCUT2D eigenvalue weighted by atomic mass is 79.9. The molecule has 0 fully saturated rings.